The van der Waals surface area contributed by atoms with Gasteiger partial charge in [0.2, 0.25) is 0 Å². The SMILES string of the molecule is CC(C)NC(=O)Nc1ccccc1NC(=O)c1ccc2c(c1)COC2. The standard InChI is InChI=1S/C19H21N3O3/c1-12(2)20-19(24)22-17-6-4-3-5-16(17)21-18(23)13-7-8-14-10-25-11-15(14)9-13/h3-9,12H,10-11H2,1-2H3,(H,21,23)(H2,20,22,24). The van der Waals surface area contributed by atoms with E-state index in [9.17, 15) is 9.59 Å². The lowest BCUT2D eigenvalue weighted by atomic mass is 10.1. The molecule has 0 aromatic heterocycles. The highest BCUT2D eigenvalue weighted by Crippen LogP contribution is 2.24. The first-order valence-corrected chi connectivity index (χ1v) is 8.20. The second kappa shape index (κ2) is 7.36. The molecular formula is C19H21N3O3. The Hall–Kier alpha value is -2.86. The summed E-state index contributed by atoms with van der Waals surface area (Å²) < 4.78 is 5.38. The lowest BCUT2D eigenvalue weighted by Gasteiger charge is -2.14. The first-order chi connectivity index (χ1) is 12.0. The van der Waals surface area contributed by atoms with E-state index in [1.54, 1.807) is 30.3 Å². The van der Waals surface area contributed by atoms with E-state index < -0.39 is 0 Å². The molecule has 1 aliphatic rings. The van der Waals surface area contributed by atoms with E-state index in [4.69, 9.17) is 4.74 Å². The molecule has 2 aromatic rings. The number of carbonyl (C=O) groups is 2. The first-order valence-electron chi connectivity index (χ1n) is 8.20. The molecule has 2 aromatic carbocycles. The number of hydrogen-bond acceptors (Lipinski definition) is 3. The van der Waals surface area contributed by atoms with Crippen LogP contribution in [0, 0.1) is 0 Å². The molecule has 6 nitrogen and oxygen atoms in total. The minimum absolute atomic E-state index is 0.0235. The number of rotatable bonds is 4. The van der Waals surface area contributed by atoms with Crippen molar-refractivity contribution in [3.8, 4) is 0 Å². The molecule has 3 N–H and O–H groups in total. The van der Waals surface area contributed by atoms with Crippen molar-refractivity contribution >= 4 is 23.3 Å². The van der Waals surface area contributed by atoms with Crippen LogP contribution in [0.25, 0.3) is 0 Å². The van der Waals surface area contributed by atoms with E-state index in [1.165, 1.54) is 0 Å². The van der Waals surface area contributed by atoms with Crippen molar-refractivity contribution in [3.63, 3.8) is 0 Å². The molecule has 3 rings (SSSR count). The number of nitrogens with one attached hydrogen (secondary N) is 3. The monoisotopic (exact) mass is 339 g/mol. The summed E-state index contributed by atoms with van der Waals surface area (Å²) in [6.07, 6.45) is 0. The summed E-state index contributed by atoms with van der Waals surface area (Å²) in [5, 5.41) is 8.37. The number of ether oxygens (including phenoxy) is 1. The number of benzene rings is 2. The molecule has 6 heteroatoms. The second-order valence-electron chi connectivity index (χ2n) is 6.23. The number of carbonyl (C=O) groups excluding carboxylic acids is 2. The molecule has 1 aliphatic heterocycles. The summed E-state index contributed by atoms with van der Waals surface area (Å²) in [7, 11) is 0. The lowest BCUT2D eigenvalue weighted by molar-refractivity contribution is 0.102. The van der Waals surface area contributed by atoms with Crippen LogP contribution in [0.5, 0.6) is 0 Å². The normalized spacial score (nSPS) is 12.6. The van der Waals surface area contributed by atoms with E-state index in [-0.39, 0.29) is 18.0 Å². The number of fused-ring (bicyclic) bond motifs is 1. The van der Waals surface area contributed by atoms with Crippen molar-refractivity contribution in [3.05, 3.63) is 59.2 Å². The summed E-state index contributed by atoms with van der Waals surface area (Å²) in [5.41, 5.74) is 3.80. The summed E-state index contributed by atoms with van der Waals surface area (Å²) >= 11 is 0. The predicted octanol–water partition coefficient (Wildman–Crippen LogP) is 3.50. The highest BCUT2D eigenvalue weighted by atomic mass is 16.5. The van der Waals surface area contributed by atoms with E-state index in [0.717, 1.165) is 11.1 Å². The van der Waals surface area contributed by atoms with Crippen molar-refractivity contribution in [2.24, 2.45) is 0 Å². The van der Waals surface area contributed by atoms with Crippen LogP contribution in [0.2, 0.25) is 0 Å². The minimum Gasteiger partial charge on any atom is -0.372 e. The van der Waals surface area contributed by atoms with Crippen LogP contribution in [0.4, 0.5) is 16.2 Å². The van der Waals surface area contributed by atoms with Crippen LogP contribution in [0.3, 0.4) is 0 Å². The average Bonchev–Trinajstić information content (AvgIpc) is 3.03. The number of para-hydroxylation sites is 2. The molecule has 0 spiro atoms. The van der Waals surface area contributed by atoms with Crippen LogP contribution < -0.4 is 16.0 Å². The van der Waals surface area contributed by atoms with Gasteiger partial charge in [-0.1, -0.05) is 18.2 Å². The van der Waals surface area contributed by atoms with Gasteiger partial charge in [-0.3, -0.25) is 4.79 Å². The van der Waals surface area contributed by atoms with Gasteiger partial charge in [0.1, 0.15) is 0 Å². The highest BCUT2D eigenvalue weighted by Gasteiger charge is 2.15. The Bertz CT molecular complexity index is 802. The quantitative estimate of drug-likeness (QED) is 0.797. The van der Waals surface area contributed by atoms with Crippen molar-refractivity contribution < 1.29 is 14.3 Å². The van der Waals surface area contributed by atoms with Crippen molar-refractivity contribution in [1.82, 2.24) is 5.32 Å². The van der Waals surface area contributed by atoms with E-state index in [0.29, 0.717) is 30.2 Å². The third kappa shape index (κ3) is 4.16. The summed E-state index contributed by atoms with van der Waals surface area (Å²) in [6.45, 7) is 4.88. The maximum absolute atomic E-state index is 12.5. The zero-order valence-corrected chi connectivity index (χ0v) is 14.3. The molecule has 3 amide bonds. The third-order valence-corrected chi connectivity index (χ3v) is 3.83. The molecule has 0 atom stereocenters. The zero-order valence-electron chi connectivity index (χ0n) is 14.3. The highest BCUT2D eigenvalue weighted by molar-refractivity contribution is 6.07. The van der Waals surface area contributed by atoms with Crippen molar-refractivity contribution in [2.45, 2.75) is 33.1 Å². The van der Waals surface area contributed by atoms with Crippen LogP contribution in [0.1, 0.15) is 35.3 Å². The Morgan fingerprint density at radius 1 is 0.960 bits per heavy atom. The number of urea groups is 1. The van der Waals surface area contributed by atoms with Gasteiger partial charge in [-0.25, -0.2) is 4.79 Å². The largest absolute Gasteiger partial charge is 0.372 e. The van der Waals surface area contributed by atoms with E-state index in [1.807, 2.05) is 26.0 Å². The topological polar surface area (TPSA) is 79.5 Å². The van der Waals surface area contributed by atoms with Crippen LogP contribution >= 0.6 is 0 Å². The van der Waals surface area contributed by atoms with Gasteiger partial charge in [-0.2, -0.15) is 0 Å². The molecule has 0 saturated carbocycles. The van der Waals surface area contributed by atoms with Gasteiger partial charge in [-0.15, -0.1) is 0 Å². The maximum Gasteiger partial charge on any atom is 0.319 e. The Morgan fingerprint density at radius 3 is 2.36 bits per heavy atom. The van der Waals surface area contributed by atoms with Crippen LogP contribution in [-0.4, -0.2) is 18.0 Å². The van der Waals surface area contributed by atoms with Crippen molar-refractivity contribution in [1.29, 1.82) is 0 Å². The first kappa shape index (κ1) is 17.0. The summed E-state index contributed by atoms with van der Waals surface area (Å²) in [4.78, 5) is 24.5. The predicted molar refractivity (Wildman–Crippen MR) is 96.6 cm³/mol. The molecule has 0 aliphatic carbocycles. The average molecular weight is 339 g/mol. The molecule has 0 fully saturated rings. The van der Waals surface area contributed by atoms with Gasteiger partial charge in [0.15, 0.2) is 0 Å². The van der Waals surface area contributed by atoms with Gasteiger partial charge in [0.25, 0.3) is 5.91 Å². The molecule has 0 unspecified atom stereocenters. The number of anilines is 2. The lowest BCUT2D eigenvalue weighted by Crippen LogP contribution is -2.34. The Kier molecular flexibility index (Phi) is 5.00. The third-order valence-electron chi connectivity index (χ3n) is 3.83. The van der Waals surface area contributed by atoms with Gasteiger partial charge in [-0.05, 0) is 49.2 Å². The minimum atomic E-state index is -0.314. The summed E-state index contributed by atoms with van der Waals surface area (Å²) in [6, 6.07) is 12.3. The van der Waals surface area contributed by atoms with E-state index >= 15 is 0 Å². The van der Waals surface area contributed by atoms with Gasteiger partial charge in [0.05, 0.1) is 24.6 Å². The molecule has 25 heavy (non-hydrogen) atoms. The molecular weight excluding hydrogens is 318 g/mol. The Balaban J connectivity index is 1.74. The Labute approximate surface area is 146 Å². The van der Waals surface area contributed by atoms with Crippen LogP contribution in [-0.2, 0) is 18.0 Å². The molecule has 1 heterocycles. The fourth-order valence-electron chi connectivity index (χ4n) is 2.63. The van der Waals surface area contributed by atoms with E-state index in [2.05, 4.69) is 16.0 Å². The molecule has 0 bridgehead atoms. The zero-order chi connectivity index (χ0) is 17.8. The molecule has 130 valence electrons. The van der Waals surface area contributed by atoms with Crippen LogP contribution in [0.15, 0.2) is 42.5 Å². The smallest absolute Gasteiger partial charge is 0.319 e. The Morgan fingerprint density at radius 2 is 1.64 bits per heavy atom. The van der Waals surface area contributed by atoms with Crippen molar-refractivity contribution in [2.75, 3.05) is 10.6 Å². The molecule has 0 saturated heterocycles. The molecule has 0 radical (unpaired) electrons. The van der Waals surface area contributed by atoms with Gasteiger partial charge < -0.3 is 20.7 Å². The maximum atomic E-state index is 12.5. The fourth-order valence-corrected chi connectivity index (χ4v) is 2.63. The fraction of sp³-hybridized carbons (Fsp3) is 0.263. The number of amides is 3. The second-order valence-corrected chi connectivity index (χ2v) is 6.23. The van der Waals surface area contributed by atoms with Gasteiger partial charge in [0, 0.05) is 11.6 Å². The number of hydrogen-bond donors (Lipinski definition) is 3. The van der Waals surface area contributed by atoms with Gasteiger partial charge >= 0.3 is 6.03 Å². The summed E-state index contributed by atoms with van der Waals surface area (Å²) in [5.74, 6) is -0.229.